The minimum atomic E-state index is -0.397. The first-order chi connectivity index (χ1) is 9.16. The number of halogens is 2. The third kappa shape index (κ3) is 3.87. The lowest BCUT2D eigenvalue weighted by atomic mass is 10.2. The van der Waals surface area contributed by atoms with Crippen LogP contribution in [0.4, 0.5) is 0 Å². The van der Waals surface area contributed by atoms with Gasteiger partial charge in [0, 0.05) is 10.7 Å². The van der Waals surface area contributed by atoms with Crippen LogP contribution in [0.1, 0.15) is 15.9 Å². The van der Waals surface area contributed by atoms with Gasteiger partial charge in [0.2, 0.25) is 0 Å². The first kappa shape index (κ1) is 13.7. The molecule has 0 fully saturated rings. The van der Waals surface area contributed by atoms with Crippen LogP contribution in [0.15, 0.2) is 52.2 Å². The maximum Gasteiger partial charge on any atom is 0.274 e. The Hall–Kier alpha value is -1.72. The number of hydrogen-bond donors (Lipinski definition) is 1. The number of carbonyl (C=O) groups excluding carboxylic acids is 1. The molecule has 2 rings (SSSR count). The van der Waals surface area contributed by atoms with Gasteiger partial charge < -0.3 is 0 Å². The summed E-state index contributed by atoms with van der Waals surface area (Å²) in [7, 11) is 0. The molecule has 4 nitrogen and oxygen atoms in total. The van der Waals surface area contributed by atoms with Crippen molar-refractivity contribution in [3.8, 4) is 0 Å². The number of rotatable bonds is 3. The molecule has 1 N–H and O–H groups in total. The third-order valence-electron chi connectivity index (χ3n) is 2.25. The largest absolute Gasteiger partial charge is 0.274 e. The van der Waals surface area contributed by atoms with Gasteiger partial charge in [0.1, 0.15) is 5.15 Å². The van der Waals surface area contributed by atoms with Crippen LogP contribution in [0.5, 0.6) is 0 Å². The van der Waals surface area contributed by atoms with E-state index < -0.39 is 5.91 Å². The highest BCUT2D eigenvalue weighted by Crippen LogP contribution is 2.11. The van der Waals surface area contributed by atoms with E-state index in [1.165, 1.54) is 6.20 Å². The summed E-state index contributed by atoms with van der Waals surface area (Å²) in [6.45, 7) is 0. The van der Waals surface area contributed by atoms with Crippen molar-refractivity contribution in [2.45, 2.75) is 0 Å². The molecule has 96 valence electrons. The molecule has 0 atom stereocenters. The summed E-state index contributed by atoms with van der Waals surface area (Å²) in [5.41, 5.74) is 3.56. The number of carbonyl (C=O) groups is 1. The normalized spacial score (nSPS) is 10.6. The number of pyridine rings is 1. The number of nitrogens with zero attached hydrogens (tertiary/aromatic N) is 2. The number of benzene rings is 1. The average Bonchev–Trinajstić information content (AvgIpc) is 2.41. The van der Waals surface area contributed by atoms with Gasteiger partial charge in [-0.3, -0.25) is 4.79 Å². The van der Waals surface area contributed by atoms with Crippen molar-refractivity contribution >= 4 is 39.7 Å². The monoisotopic (exact) mass is 337 g/mol. The van der Waals surface area contributed by atoms with Gasteiger partial charge in [-0.15, -0.1) is 0 Å². The Balaban J connectivity index is 2.01. The zero-order chi connectivity index (χ0) is 13.7. The Morgan fingerprint density at radius 2 is 2.05 bits per heavy atom. The minimum absolute atomic E-state index is 0.152. The van der Waals surface area contributed by atoms with Gasteiger partial charge in [0.05, 0.1) is 11.8 Å². The Kier molecular flexibility index (Phi) is 4.65. The lowest BCUT2D eigenvalue weighted by Crippen LogP contribution is -2.18. The maximum atomic E-state index is 11.8. The van der Waals surface area contributed by atoms with Crippen LogP contribution in [0.3, 0.4) is 0 Å². The van der Waals surface area contributed by atoms with Crippen molar-refractivity contribution in [2.75, 3.05) is 0 Å². The van der Waals surface area contributed by atoms with E-state index in [2.05, 4.69) is 31.4 Å². The number of nitrogens with one attached hydrogen (secondary N) is 1. The van der Waals surface area contributed by atoms with Gasteiger partial charge in [-0.2, -0.15) is 5.10 Å². The van der Waals surface area contributed by atoms with Crippen LogP contribution in [0.2, 0.25) is 5.15 Å². The molecule has 0 saturated carbocycles. The van der Waals surface area contributed by atoms with E-state index in [9.17, 15) is 4.79 Å². The standard InChI is InChI=1S/C13H9BrClN3O/c14-10-5-3-9(4-6-10)8-17-18-13(19)11-2-1-7-16-12(11)15/h1-8H,(H,18,19). The quantitative estimate of drug-likeness (QED) is 0.530. The van der Waals surface area contributed by atoms with Gasteiger partial charge in [0.15, 0.2) is 0 Å². The van der Waals surface area contributed by atoms with Crippen molar-refractivity contribution in [3.05, 3.63) is 63.3 Å². The van der Waals surface area contributed by atoms with Crippen molar-refractivity contribution < 1.29 is 4.79 Å². The molecule has 1 heterocycles. The first-order valence-electron chi connectivity index (χ1n) is 5.36. The maximum absolute atomic E-state index is 11.8. The van der Waals surface area contributed by atoms with Crippen LogP contribution in [-0.2, 0) is 0 Å². The summed E-state index contributed by atoms with van der Waals surface area (Å²) in [5, 5.41) is 4.01. The lowest BCUT2D eigenvalue weighted by Gasteiger charge is -2.00. The van der Waals surface area contributed by atoms with Gasteiger partial charge in [-0.05, 0) is 29.8 Å². The molecule has 19 heavy (non-hydrogen) atoms. The summed E-state index contributed by atoms with van der Waals surface area (Å²) in [6.07, 6.45) is 3.07. The second-order valence-corrected chi connectivity index (χ2v) is 4.87. The predicted molar refractivity (Wildman–Crippen MR) is 78.4 cm³/mol. The number of hydrogen-bond acceptors (Lipinski definition) is 3. The number of hydrazone groups is 1. The molecular weight excluding hydrogens is 330 g/mol. The molecule has 6 heteroatoms. The van der Waals surface area contributed by atoms with E-state index in [0.717, 1.165) is 10.0 Å². The summed E-state index contributed by atoms with van der Waals surface area (Å²) >= 11 is 9.14. The van der Waals surface area contributed by atoms with Crippen molar-refractivity contribution in [1.82, 2.24) is 10.4 Å². The highest BCUT2D eigenvalue weighted by molar-refractivity contribution is 9.10. The van der Waals surface area contributed by atoms with Gasteiger partial charge in [0.25, 0.3) is 5.91 Å². The molecule has 0 radical (unpaired) electrons. The van der Waals surface area contributed by atoms with Crippen LogP contribution in [0, 0.1) is 0 Å². The SMILES string of the molecule is O=C(NN=Cc1ccc(Br)cc1)c1cccnc1Cl. The second kappa shape index (κ2) is 6.45. The number of aromatic nitrogens is 1. The zero-order valence-electron chi connectivity index (χ0n) is 9.68. The fourth-order valence-electron chi connectivity index (χ4n) is 1.33. The van der Waals surface area contributed by atoms with Crippen molar-refractivity contribution in [1.29, 1.82) is 0 Å². The molecule has 0 aliphatic heterocycles. The molecule has 1 amide bonds. The van der Waals surface area contributed by atoms with E-state index in [1.54, 1.807) is 18.3 Å². The average molecular weight is 339 g/mol. The Morgan fingerprint density at radius 1 is 1.32 bits per heavy atom. The highest BCUT2D eigenvalue weighted by Gasteiger charge is 2.08. The van der Waals surface area contributed by atoms with E-state index in [-0.39, 0.29) is 10.7 Å². The predicted octanol–water partition coefficient (Wildman–Crippen LogP) is 3.26. The van der Waals surface area contributed by atoms with Crippen LogP contribution in [0.25, 0.3) is 0 Å². The van der Waals surface area contributed by atoms with E-state index in [4.69, 9.17) is 11.6 Å². The topological polar surface area (TPSA) is 54.4 Å². The van der Waals surface area contributed by atoms with Crippen molar-refractivity contribution in [3.63, 3.8) is 0 Å². The summed E-state index contributed by atoms with van der Waals surface area (Å²) in [4.78, 5) is 15.6. The molecule has 2 aromatic rings. The molecule has 0 aliphatic rings. The van der Waals surface area contributed by atoms with E-state index >= 15 is 0 Å². The molecule has 0 aliphatic carbocycles. The third-order valence-corrected chi connectivity index (χ3v) is 3.08. The lowest BCUT2D eigenvalue weighted by molar-refractivity contribution is 0.0955. The summed E-state index contributed by atoms with van der Waals surface area (Å²) < 4.78 is 0.982. The van der Waals surface area contributed by atoms with Crippen molar-refractivity contribution in [2.24, 2.45) is 5.10 Å². The molecule has 0 saturated heterocycles. The molecule has 0 spiro atoms. The Morgan fingerprint density at radius 3 is 2.74 bits per heavy atom. The van der Waals surface area contributed by atoms with Gasteiger partial charge in [-0.1, -0.05) is 39.7 Å². The second-order valence-electron chi connectivity index (χ2n) is 3.59. The van der Waals surface area contributed by atoms with Crippen LogP contribution >= 0.6 is 27.5 Å². The summed E-state index contributed by atoms with van der Waals surface area (Å²) in [6, 6.07) is 10.7. The first-order valence-corrected chi connectivity index (χ1v) is 6.53. The Bertz CT molecular complexity index is 614. The number of amides is 1. The molecule has 1 aromatic carbocycles. The van der Waals surface area contributed by atoms with Crippen LogP contribution in [-0.4, -0.2) is 17.1 Å². The minimum Gasteiger partial charge on any atom is -0.267 e. The fraction of sp³-hybridized carbons (Fsp3) is 0. The molecule has 0 unspecified atom stereocenters. The van der Waals surface area contributed by atoms with Gasteiger partial charge >= 0.3 is 0 Å². The molecule has 1 aromatic heterocycles. The Labute approximate surface area is 123 Å². The highest BCUT2D eigenvalue weighted by atomic mass is 79.9. The van der Waals surface area contributed by atoms with Gasteiger partial charge in [-0.25, -0.2) is 10.4 Å². The molecule has 0 bridgehead atoms. The summed E-state index contributed by atoms with van der Waals surface area (Å²) in [5.74, 6) is -0.397. The van der Waals surface area contributed by atoms with E-state index in [1.807, 2.05) is 24.3 Å². The van der Waals surface area contributed by atoms with Crippen LogP contribution < -0.4 is 5.43 Å². The van der Waals surface area contributed by atoms with E-state index in [0.29, 0.717) is 0 Å². The molecular formula is C13H9BrClN3O. The fourth-order valence-corrected chi connectivity index (χ4v) is 1.80. The smallest absolute Gasteiger partial charge is 0.267 e. The zero-order valence-corrected chi connectivity index (χ0v) is 12.0.